The van der Waals surface area contributed by atoms with Crippen molar-refractivity contribution in [2.24, 2.45) is 0 Å². The maximum atomic E-state index is 12.1. The highest BCUT2D eigenvalue weighted by atomic mass is 16.5. The van der Waals surface area contributed by atoms with E-state index in [1.165, 1.54) is 6.08 Å². The van der Waals surface area contributed by atoms with E-state index in [9.17, 15) is 4.79 Å². The Morgan fingerprint density at radius 1 is 1.13 bits per heavy atom. The Bertz CT molecular complexity index is 707. The predicted octanol–water partition coefficient (Wildman–Crippen LogP) is 3.91. The minimum Gasteiger partial charge on any atom is -0.496 e. The molecule has 4 nitrogen and oxygen atoms in total. The van der Waals surface area contributed by atoms with Crippen LogP contribution in [0.5, 0.6) is 11.5 Å². The number of hydrogen-bond donors (Lipinski definition) is 1. The third kappa shape index (κ3) is 4.74. The van der Waals surface area contributed by atoms with Crippen LogP contribution in [0.3, 0.4) is 0 Å². The molecule has 0 aromatic heterocycles. The molecule has 0 spiro atoms. The van der Waals surface area contributed by atoms with E-state index < -0.39 is 0 Å². The summed E-state index contributed by atoms with van der Waals surface area (Å²) < 4.78 is 10.8. The summed E-state index contributed by atoms with van der Waals surface area (Å²) in [7, 11) is 1.60. The quantitative estimate of drug-likeness (QED) is 0.623. The number of benzene rings is 2. The van der Waals surface area contributed by atoms with Gasteiger partial charge in [0, 0.05) is 11.6 Å². The lowest BCUT2D eigenvalue weighted by Crippen LogP contribution is -2.09. The fourth-order valence-electron chi connectivity index (χ4n) is 1.99. The molecule has 118 valence electrons. The van der Waals surface area contributed by atoms with Gasteiger partial charge in [-0.25, -0.2) is 0 Å². The van der Waals surface area contributed by atoms with Gasteiger partial charge in [0.1, 0.15) is 18.1 Å². The minimum atomic E-state index is -0.245. The number of carbonyl (C=O) groups excluding carboxylic acids is 1. The molecule has 0 saturated carbocycles. The monoisotopic (exact) mass is 309 g/mol. The molecule has 0 aliphatic carbocycles. The Morgan fingerprint density at radius 2 is 1.83 bits per heavy atom. The van der Waals surface area contributed by atoms with Crippen molar-refractivity contribution in [3.63, 3.8) is 0 Å². The molecule has 2 aromatic carbocycles. The number of methoxy groups -OCH3 is 1. The van der Waals surface area contributed by atoms with Crippen LogP contribution in [0.15, 0.2) is 67.3 Å². The van der Waals surface area contributed by atoms with Crippen LogP contribution in [0, 0.1) is 0 Å². The molecule has 1 amide bonds. The summed E-state index contributed by atoms with van der Waals surface area (Å²) in [5.74, 6) is 1.07. The van der Waals surface area contributed by atoms with Crippen molar-refractivity contribution in [3.8, 4) is 11.5 Å². The van der Waals surface area contributed by atoms with Crippen LogP contribution < -0.4 is 14.8 Å². The van der Waals surface area contributed by atoms with E-state index in [2.05, 4.69) is 11.9 Å². The van der Waals surface area contributed by atoms with Gasteiger partial charge in [-0.2, -0.15) is 0 Å². The molecule has 2 rings (SSSR count). The molecule has 0 saturated heterocycles. The van der Waals surface area contributed by atoms with Crippen LogP contribution in [0.2, 0.25) is 0 Å². The number of rotatable bonds is 7. The van der Waals surface area contributed by atoms with Crippen LogP contribution in [0.4, 0.5) is 5.69 Å². The SMILES string of the molecule is C=CCOc1ccccc1NC(=O)/C=C/c1ccccc1OC. The second kappa shape index (κ2) is 8.44. The van der Waals surface area contributed by atoms with Crippen molar-refractivity contribution in [1.29, 1.82) is 0 Å². The first kappa shape index (κ1) is 16.4. The van der Waals surface area contributed by atoms with E-state index in [1.54, 1.807) is 31.4 Å². The van der Waals surface area contributed by atoms with Gasteiger partial charge in [0.2, 0.25) is 5.91 Å². The van der Waals surface area contributed by atoms with E-state index in [4.69, 9.17) is 9.47 Å². The Hall–Kier alpha value is -3.01. The first-order valence-electron chi connectivity index (χ1n) is 7.19. The van der Waals surface area contributed by atoms with Crippen molar-refractivity contribution >= 4 is 17.7 Å². The zero-order valence-corrected chi connectivity index (χ0v) is 13.0. The van der Waals surface area contributed by atoms with E-state index in [0.29, 0.717) is 23.8 Å². The van der Waals surface area contributed by atoms with Gasteiger partial charge in [0.05, 0.1) is 12.8 Å². The lowest BCUT2D eigenvalue weighted by atomic mass is 10.2. The summed E-state index contributed by atoms with van der Waals surface area (Å²) in [4.78, 5) is 12.1. The number of carbonyl (C=O) groups is 1. The standard InChI is InChI=1S/C19H19NO3/c1-3-14-23-18-11-7-5-9-16(18)20-19(21)13-12-15-8-4-6-10-17(15)22-2/h3-13H,1,14H2,2H3,(H,20,21)/b13-12+. The smallest absolute Gasteiger partial charge is 0.248 e. The number of hydrogen-bond acceptors (Lipinski definition) is 3. The Kier molecular flexibility index (Phi) is 6.00. The van der Waals surface area contributed by atoms with Crippen molar-refractivity contribution in [3.05, 3.63) is 72.8 Å². The highest BCUT2D eigenvalue weighted by Crippen LogP contribution is 2.24. The van der Waals surface area contributed by atoms with Crippen LogP contribution in [0.1, 0.15) is 5.56 Å². The number of ether oxygens (including phenoxy) is 2. The average molecular weight is 309 g/mol. The number of anilines is 1. The molecule has 0 aliphatic heterocycles. The van der Waals surface area contributed by atoms with E-state index >= 15 is 0 Å². The summed E-state index contributed by atoms with van der Waals surface area (Å²) in [5.41, 5.74) is 1.45. The third-order valence-electron chi connectivity index (χ3n) is 3.05. The molecular formula is C19H19NO3. The Balaban J connectivity index is 2.08. The molecular weight excluding hydrogens is 290 g/mol. The molecule has 0 heterocycles. The average Bonchev–Trinajstić information content (AvgIpc) is 2.59. The molecule has 0 unspecified atom stereocenters. The van der Waals surface area contributed by atoms with E-state index in [1.807, 2.05) is 36.4 Å². The van der Waals surface area contributed by atoms with Crippen molar-refractivity contribution < 1.29 is 14.3 Å². The Labute approximate surface area is 136 Å². The zero-order valence-electron chi connectivity index (χ0n) is 13.0. The second-order valence-electron chi connectivity index (χ2n) is 4.66. The molecule has 0 atom stereocenters. The molecule has 0 aliphatic rings. The number of amides is 1. The normalized spacial score (nSPS) is 10.3. The molecule has 0 fully saturated rings. The molecule has 2 aromatic rings. The van der Waals surface area contributed by atoms with Crippen LogP contribution in [-0.2, 0) is 4.79 Å². The van der Waals surface area contributed by atoms with Gasteiger partial charge in [-0.1, -0.05) is 43.0 Å². The van der Waals surface area contributed by atoms with Crippen LogP contribution in [0.25, 0.3) is 6.08 Å². The second-order valence-corrected chi connectivity index (χ2v) is 4.66. The minimum absolute atomic E-state index is 0.245. The summed E-state index contributed by atoms with van der Waals surface area (Å²) in [6.45, 7) is 3.99. The van der Waals surface area contributed by atoms with Gasteiger partial charge in [0.15, 0.2) is 0 Å². The van der Waals surface area contributed by atoms with Gasteiger partial charge in [-0.3, -0.25) is 4.79 Å². The maximum Gasteiger partial charge on any atom is 0.248 e. The van der Waals surface area contributed by atoms with Crippen molar-refractivity contribution in [2.75, 3.05) is 19.0 Å². The van der Waals surface area contributed by atoms with E-state index in [0.717, 1.165) is 5.56 Å². The molecule has 23 heavy (non-hydrogen) atoms. The molecule has 0 radical (unpaired) electrons. The topological polar surface area (TPSA) is 47.6 Å². The summed E-state index contributed by atoms with van der Waals surface area (Å²) in [6, 6.07) is 14.7. The van der Waals surface area contributed by atoms with Gasteiger partial charge in [0.25, 0.3) is 0 Å². The molecule has 0 bridgehead atoms. The Morgan fingerprint density at radius 3 is 2.57 bits per heavy atom. The third-order valence-corrected chi connectivity index (χ3v) is 3.05. The maximum absolute atomic E-state index is 12.1. The zero-order chi connectivity index (χ0) is 16.5. The summed E-state index contributed by atoms with van der Waals surface area (Å²) in [5, 5.41) is 2.80. The summed E-state index contributed by atoms with van der Waals surface area (Å²) >= 11 is 0. The van der Waals surface area contributed by atoms with E-state index in [-0.39, 0.29) is 5.91 Å². The van der Waals surface area contributed by atoms with Crippen molar-refractivity contribution in [1.82, 2.24) is 0 Å². The fourth-order valence-corrected chi connectivity index (χ4v) is 1.99. The van der Waals surface area contributed by atoms with Crippen LogP contribution in [-0.4, -0.2) is 19.6 Å². The summed E-state index contributed by atoms with van der Waals surface area (Å²) in [6.07, 6.45) is 4.82. The lowest BCUT2D eigenvalue weighted by molar-refractivity contribution is -0.111. The number of para-hydroxylation sites is 3. The predicted molar refractivity (Wildman–Crippen MR) is 92.8 cm³/mol. The van der Waals surface area contributed by atoms with Gasteiger partial charge in [-0.15, -0.1) is 0 Å². The number of nitrogens with one attached hydrogen (secondary N) is 1. The lowest BCUT2D eigenvalue weighted by Gasteiger charge is -2.10. The van der Waals surface area contributed by atoms with Crippen molar-refractivity contribution in [2.45, 2.75) is 0 Å². The first-order chi connectivity index (χ1) is 11.2. The van der Waals surface area contributed by atoms with Gasteiger partial charge in [-0.05, 0) is 24.3 Å². The molecule has 4 heteroatoms. The van der Waals surface area contributed by atoms with Gasteiger partial charge < -0.3 is 14.8 Å². The van der Waals surface area contributed by atoms with Gasteiger partial charge >= 0.3 is 0 Å². The largest absolute Gasteiger partial charge is 0.496 e. The fraction of sp³-hybridized carbons (Fsp3) is 0.105. The highest BCUT2D eigenvalue weighted by Gasteiger charge is 2.05. The first-order valence-corrected chi connectivity index (χ1v) is 7.19. The highest BCUT2D eigenvalue weighted by molar-refractivity contribution is 6.02. The van der Waals surface area contributed by atoms with Crippen LogP contribution >= 0.6 is 0 Å². The molecule has 1 N–H and O–H groups in total.